The van der Waals surface area contributed by atoms with Crippen molar-refractivity contribution >= 4 is 10.0 Å². The van der Waals surface area contributed by atoms with Crippen molar-refractivity contribution in [2.75, 3.05) is 0 Å². The van der Waals surface area contributed by atoms with Crippen molar-refractivity contribution in [3.8, 4) is 0 Å². The molecule has 0 amide bonds. The lowest BCUT2D eigenvalue weighted by Crippen LogP contribution is -2.23. The van der Waals surface area contributed by atoms with Crippen LogP contribution in [0.2, 0.25) is 0 Å². The number of rotatable bonds is 6. The first-order chi connectivity index (χ1) is 9.92. The molecule has 0 aliphatic heterocycles. The molecule has 6 heteroatoms. The summed E-state index contributed by atoms with van der Waals surface area (Å²) in [7, 11) is -1.67. The largest absolute Gasteiger partial charge is 0.275 e. The minimum atomic E-state index is -3.48. The van der Waals surface area contributed by atoms with Gasteiger partial charge in [0.1, 0.15) is 0 Å². The number of hydrogen-bond acceptors (Lipinski definition) is 3. The zero-order valence-corrected chi connectivity index (χ0v) is 13.4. The first-order valence-electron chi connectivity index (χ1n) is 7.00. The lowest BCUT2D eigenvalue weighted by atomic mass is 10.1. The highest BCUT2D eigenvalue weighted by Gasteiger charge is 2.14. The number of sulfonamides is 1. The molecule has 2 rings (SSSR count). The fraction of sp³-hybridized carbons (Fsp3) is 0.400. The van der Waals surface area contributed by atoms with Crippen molar-refractivity contribution in [3.05, 3.63) is 47.3 Å². The molecule has 0 atom stereocenters. The van der Waals surface area contributed by atoms with Gasteiger partial charge in [-0.1, -0.05) is 25.5 Å². The Labute approximate surface area is 126 Å². The minimum absolute atomic E-state index is 0.249. The van der Waals surface area contributed by atoms with E-state index in [0.717, 1.165) is 29.7 Å². The van der Waals surface area contributed by atoms with Gasteiger partial charge in [0.25, 0.3) is 0 Å². The highest BCUT2D eigenvalue weighted by molar-refractivity contribution is 7.89. The topological polar surface area (TPSA) is 64.0 Å². The highest BCUT2D eigenvalue weighted by atomic mass is 32.2. The van der Waals surface area contributed by atoms with Gasteiger partial charge in [0.05, 0.1) is 10.6 Å². The summed E-state index contributed by atoms with van der Waals surface area (Å²) < 4.78 is 28.8. The Morgan fingerprint density at radius 1 is 1.24 bits per heavy atom. The zero-order valence-electron chi connectivity index (χ0n) is 12.6. The Kier molecular flexibility index (Phi) is 4.80. The number of nitrogens with zero attached hydrogens (tertiary/aromatic N) is 2. The second kappa shape index (κ2) is 6.41. The van der Waals surface area contributed by atoms with Crippen LogP contribution in [0.15, 0.2) is 35.4 Å². The predicted octanol–water partition coefficient (Wildman–Crippen LogP) is 2.16. The maximum atomic E-state index is 12.3. The third-order valence-corrected chi connectivity index (χ3v) is 4.76. The molecule has 0 unspecified atom stereocenters. The van der Waals surface area contributed by atoms with Crippen LogP contribution in [-0.2, 0) is 30.0 Å². The normalized spacial score (nSPS) is 11.8. The van der Waals surface area contributed by atoms with E-state index < -0.39 is 10.0 Å². The van der Waals surface area contributed by atoms with Crippen LogP contribution in [0.5, 0.6) is 0 Å². The van der Waals surface area contributed by atoms with Crippen molar-refractivity contribution in [1.82, 2.24) is 14.5 Å². The van der Waals surface area contributed by atoms with E-state index in [1.54, 1.807) is 16.8 Å². The molecule has 1 heterocycles. The van der Waals surface area contributed by atoms with Crippen molar-refractivity contribution in [2.45, 2.75) is 38.1 Å². The van der Waals surface area contributed by atoms with Gasteiger partial charge in [0, 0.05) is 25.4 Å². The Morgan fingerprint density at radius 2 is 1.90 bits per heavy atom. The van der Waals surface area contributed by atoms with E-state index in [1.807, 2.05) is 32.3 Å². The van der Waals surface area contributed by atoms with Gasteiger partial charge >= 0.3 is 0 Å². The lowest BCUT2D eigenvalue weighted by Gasteiger charge is -2.07. The molecule has 0 saturated heterocycles. The van der Waals surface area contributed by atoms with Crippen molar-refractivity contribution in [2.24, 2.45) is 7.05 Å². The molecular weight excluding hydrogens is 286 g/mol. The van der Waals surface area contributed by atoms with Gasteiger partial charge in [-0.25, -0.2) is 13.1 Å². The van der Waals surface area contributed by atoms with E-state index in [9.17, 15) is 8.42 Å². The van der Waals surface area contributed by atoms with Crippen LogP contribution in [0, 0.1) is 6.92 Å². The van der Waals surface area contributed by atoms with Crippen LogP contribution in [0.25, 0.3) is 0 Å². The lowest BCUT2D eigenvalue weighted by molar-refractivity contribution is 0.581. The summed E-state index contributed by atoms with van der Waals surface area (Å²) in [4.78, 5) is 0.295. The molecule has 0 aliphatic rings. The molecule has 1 aromatic heterocycles. The average Bonchev–Trinajstić information content (AvgIpc) is 2.76. The summed E-state index contributed by atoms with van der Waals surface area (Å²) in [6.45, 7) is 4.21. The Morgan fingerprint density at radius 3 is 2.43 bits per heavy atom. The van der Waals surface area contributed by atoms with Crippen LogP contribution < -0.4 is 4.72 Å². The smallest absolute Gasteiger partial charge is 0.240 e. The highest BCUT2D eigenvalue weighted by Crippen LogP contribution is 2.13. The molecule has 114 valence electrons. The Hall–Kier alpha value is -1.66. The molecule has 0 saturated carbocycles. The molecule has 2 aromatic rings. The third-order valence-electron chi connectivity index (χ3n) is 3.34. The summed E-state index contributed by atoms with van der Waals surface area (Å²) in [5.74, 6) is 0. The quantitative estimate of drug-likeness (QED) is 0.889. The summed E-state index contributed by atoms with van der Waals surface area (Å²) in [6.07, 6.45) is 3.83. The van der Waals surface area contributed by atoms with Crippen molar-refractivity contribution in [1.29, 1.82) is 0 Å². The van der Waals surface area contributed by atoms with Gasteiger partial charge in [-0.05, 0) is 31.0 Å². The van der Waals surface area contributed by atoms with Crippen LogP contribution in [0.3, 0.4) is 0 Å². The van der Waals surface area contributed by atoms with Gasteiger partial charge < -0.3 is 0 Å². The van der Waals surface area contributed by atoms with Crippen molar-refractivity contribution < 1.29 is 8.42 Å². The van der Waals surface area contributed by atoms with Gasteiger partial charge in [0.15, 0.2) is 0 Å². The van der Waals surface area contributed by atoms with Gasteiger partial charge in [-0.2, -0.15) is 5.10 Å². The average molecular weight is 307 g/mol. The molecule has 0 fully saturated rings. The van der Waals surface area contributed by atoms with E-state index in [-0.39, 0.29) is 6.54 Å². The number of hydrogen-bond donors (Lipinski definition) is 1. The van der Waals surface area contributed by atoms with E-state index in [4.69, 9.17) is 0 Å². The Bertz CT molecular complexity index is 703. The maximum absolute atomic E-state index is 12.3. The minimum Gasteiger partial charge on any atom is -0.275 e. The summed E-state index contributed by atoms with van der Waals surface area (Å²) in [5.41, 5.74) is 2.86. The van der Waals surface area contributed by atoms with E-state index in [2.05, 4.69) is 16.7 Å². The molecule has 0 bridgehead atoms. The summed E-state index contributed by atoms with van der Waals surface area (Å²) in [6, 6.07) is 7.05. The molecule has 0 aliphatic carbocycles. The second-order valence-corrected chi connectivity index (χ2v) is 6.90. The zero-order chi connectivity index (χ0) is 15.5. The van der Waals surface area contributed by atoms with E-state index in [0.29, 0.717) is 4.90 Å². The first kappa shape index (κ1) is 15.7. The van der Waals surface area contributed by atoms with E-state index in [1.165, 1.54) is 0 Å². The third kappa shape index (κ3) is 3.92. The van der Waals surface area contributed by atoms with Crippen LogP contribution in [0.4, 0.5) is 0 Å². The second-order valence-electron chi connectivity index (χ2n) is 5.13. The molecule has 1 aromatic carbocycles. The molecule has 21 heavy (non-hydrogen) atoms. The predicted molar refractivity (Wildman–Crippen MR) is 82.4 cm³/mol. The fourth-order valence-corrected chi connectivity index (χ4v) is 3.21. The standard InChI is InChI=1S/C15H21N3O2S/c1-4-5-13-6-8-15(9-7-13)21(19,20)16-10-14-11-18(3)17-12(14)2/h6-9,11,16H,4-5,10H2,1-3H3. The number of benzene rings is 1. The fourth-order valence-electron chi connectivity index (χ4n) is 2.20. The van der Waals surface area contributed by atoms with Gasteiger partial charge in [-0.3, -0.25) is 4.68 Å². The molecule has 5 nitrogen and oxygen atoms in total. The number of aromatic nitrogens is 2. The van der Waals surface area contributed by atoms with Crippen LogP contribution in [-0.4, -0.2) is 18.2 Å². The molecular formula is C15H21N3O2S. The number of nitrogens with one attached hydrogen (secondary N) is 1. The Balaban J connectivity index is 2.09. The van der Waals surface area contributed by atoms with Gasteiger partial charge in [0.2, 0.25) is 10.0 Å². The summed E-state index contributed by atoms with van der Waals surface area (Å²) in [5, 5.41) is 4.20. The van der Waals surface area contributed by atoms with Crippen molar-refractivity contribution in [3.63, 3.8) is 0 Å². The van der Waals surface area contributed by atoms with Crippen LogP contribution >= 0.6 is 0 Å². The van der Waals surface area contributed by atoms with Crippen LogP contribution in [0.1, 0.15) is 30.2 Å². The molecule has 0 radical (unpaired) electrons. The van der Waals surface area contributed by atoms with E-state index >= 15 is 0 Å². The SMILES string of the molecule is CCCc1ccc(S(=O)(=O)NCc2cn(C)nc2C)cc1. The number of aryl methyl sites for hydroxylation is 3. The monoisotopic (exact) mass is 307 g/mol. The molecule has 1 N–H and O–H groups in total. The van der Waals surface area contributed by atoms with Gasteiger partial charge in [-0.15, -0.1) is 0 Å². The maximum Gasteiger partial charge on any atom is 0.240 e. The molecule has 0 spiro atoms. The first-order valence-corrected chi connectivity index (χ1v) is 8.48. The summed E-state index contributed by atoms with van der Waals surface area (Å²) >= 11 is 0.